The van der Waals surface area contributed by atoms with E-state index in [9.17, 15) is 14.4 Å². The summed E-state index contributed by atoms with van der Waals surface area (Å²) in [6.07, 6.45) is 5.25. The van der Waals surface area contributed by atoms with Gasteiger partial charge >= 0.3 is 0 Å². The highest BCUT2D eigenvalue weighted by Gasteiger charge is 2.27. The maximum atomic E-state index is 12.0. The number of nitrogens with one attached hydrogen (secondary N) is 1. The molecule has 7 heteroatoms. The molecular formula is C19H32N2O5. The zero-order chi connectivity index (χ0) is 20.4. The van der Waals surface area contributed by atoms with Crippen LogP contribution in [0.1, 0.15) is 60.8 Å². The Morgan fingerprint density at radius 2 is 1.69 bits per heavy atom. The Labute approximate surface area is 156 Å². The van der Waals surface area contributed by atoms with Gasteiger partial charge in [-0.1, -0.05) is 13.3 Å². The lowest BCUT2D eigenvalue weighted by molar-refractivity contribution is -0.137. The van der Waals surface area contributed by atoms with Crippen molar-refractivity contribution in [2.24, 2.45) is 0 Å². The van der Waals surface area contributed by atoms with E-state index in [0.717, 1.165) is 24.0 Å². The largest absolute Gasteiger partial charge is 0.373 e. The second-order valence-electron chi connectivity index (χ2n) is 7.38. The molecule has 0 aromatic carbocycles. The molecule has 0 unspecified atom stereocenters. The minimum Gasteiger partial charge on any atom is -0.373 e. The zero-order valence-corrected chi connectivity index (χ0v) is 16.8. The lowest BCUT2D eigenvalue weighted by Gasteiger charge is -2.32. The van der Waals surface area contributed by atoms with Crippen molar-refractivity contribution in [2.75, 3.05) is 13.2 Å². The van der Waals surface area contributed by atoms with E-state index in [1.54, 1.807) is 0 Å². The summed E-state index contributed by atoms with van der Waals surface area (Å²) in [5, 5.41) is 2.89. The summed E-state index contributed by atoms with van der Waals surface area (Å²) in [6, 6.07) is 0. The van der Waals surface area contributed by atoms with Crippen LogP contribution in [0, 0.1) is 0 Å². The summed E-state index contributed by atoms with van der Waals surface area (Å²) >= 11 is 0. The van der Waals surface area contributed by atoms with Crippen LogP contribution in [0.2, 0.25) is 0 Å². The van der Waals surface area contributed by atoms with Gasteiger partial charge in [-0.25, -0.2) is 0 Å². The van der Waals surface area contributed by atoms with E-state index < -0.39 is 5.54 Å². The maximum Gasteiger partial charge on any atom is 0.253 e. The molecule has 1 aliphatic rings. The molecular weight excluding hydrogens is 336 g/mol. The van der Waals surface area contributed by atoms with E-state index in [2.05, 4.69) is 12.2 Å². The predicted octanol–water partition coefficient (Wildman–Crippen LogP) is 2.00. The van der Waals surface area contributed by atoms with Crippen LogP contribution >= 0.6 is 0 Å². The minimum absolute atomic E-state index is 0.0843. The zero-order valence-electron chi connectivity index (χ0n) is 16.8. The summed E-state index contributed by atoms with van der Waals surface area (Å²) in [5.74, 6) is -0.946. The third-order valence-corrected chi connectivity index (χ3v) is 3.62. The summed E-state index contributed by atoms with van der Waals surface area (Å²) in [4.78, 5) is 44.8. The number of carbonyl (C=O) groups excluding carboxylic acids is 4. The van der Waals surface area contributed by atoms with E-state index in [4.69, 9.17) is 9.53 Å². The molecule has 1 aliphatic heterocycles. The Balaban J connectivity index is 0.00000194. The summed E-state index contributed by atoms with van der Waals surface area (Å²) in [7, 11) is 0. The molecule has 1 N–H and O–H groups in total. The molecule has 3 amide bonds. The number of aldehydes is 1. The predicted molar refractivity (Wildman–Crippen MR) is 99.4 cm³/mol. The molecule has 0 spiro atoms. The van der Waals surface area contributed by atoms with Gasteiger partial charge < -0.3 is 14.8 Å². The van der Waals surface area contributed by atoms with Gasteiger partial charge in [0.25, 0.3) is 11.8 Å². The number of hydrogen-bond donors (Lipinski definition) is 1. The number of carbonyl (C=O) groups is 4. The van der Waals surface area contributed by atoms with Crippen LogP contribution in [0.3, 0.4) is 0 Å². The standard InChI is InChI=1S/C17H28N2O4.C2H4O/c1-6-10-17(4,5)23-12-16(2,3)18-13(20)9-11-19-14(21)7-8-15(19)22;1-2-3/h7-8H,6,9-12H2,1-5H3,(H,18,20);2H,1H3. The summed E-state index contributed by atoms with van der Waals surface area (Å²) in [5.41, 5.74) is -0.740. The fourth-order valence-electron chi connectivity index (χ4n) is 2.39. The molecule has 0 fully saturated rings. The molecule has 26 heavy (non-hydrogen) atoms. The lowest BCUT2D eigenvalue weighted by atomic mass is 10.0. The van der Waals surface area contributed by atoms with Crippen molar-refractivity contribution in [1.29, 1.82) is 0 Å². The van der Waals surface area contributed by atoms with E-state index in [1.807, 2.05) is 27.7 Å². The molecule has 0 aromatic rings. The van der Waals surface area contributed by atoms with Gasteiger partial charge in [0, 0.05) is 25.1 Å². The second kappa shape index (κ2) is 10.9. The quantitative estimate of drug-likeness (QED) is 0.496. The van der Waals surface area contributed by atoms with Gasteiger partial charge in [-0.2, -0.15) is 0 Å². The molecule has 0 atom stereocenters. The van der Waals surface area contributed by atoms with Gasteiger partial charge in [0.05, 0.1) is 17.7 Å². The van der Waals surface area contributed by atoms with Crippen LogP contribution < -0.4 is 5.32 Å². The van der Waals surface area contributed by atoms with Crippen LogP contribution in [-0.2, 0) is 23.9 Å². The highest BCUT2D eigenvalue weighted by atomic mass is 16.5. The highest BCUT2D eigenvalue weighted by Crippen LogP contribution is 2.19. The molecule has 0 saturated carbocycles. The first-order valence-corrected chi connectivity index (χ1v) is 8.86. The number of rotatable bonds is 9. The fourth-order valence-corrected chi connectivity index (χ4v) is 2.39. The average Bonchev–Trinajstić information content (AvgIpc) is 2.83. The normalized spacial score (nSPS) is 14.2. The molecule has 0 bridgehead atoms. The minimum atomic E-state index is -0.515. The van der Waals surface area contributed by atoms with Crippen molar-refractivity contribution in [3.05, 3.63) is 12.2 Å². The SMILES string of the molecule is CC=O.CCCC(C)(C)OCC(C)(C)NC(=O)CCN1C(=O)C=CC1=O. The van der Waals surface area contributed by atoms with Crippen LogP contribution in [0.5, 0.6) is 0 Å². The fraction of sp³-hybridized carbons (Fsp3) is 0.684. The maximum absolute atomic E-state index is 12.0. The molecule has 0 aromatic heterocycles. The molecule has 0 radical (unpaired) electrons. The van der Waals surface area contributed by atoms with Gasteiger partial charge in [0.1, 0.15) is 6.29 Å². The first-order valence-electron chi connectivity index (χ1n) is 8.86. The second-order valence-corrected chi connectivity index (χ2v) is 7.38. The summed E-state index contributed by atoms with van der Waals surface area (Å²) in [6.45, 7) is 11.9. The van der Waals surface area contributed by atoms with E-state index in [-0.39, 0.29) is 36.3 Å². The first-order chi connectivity index (χ1) is 12.0. The Kier molecular flexibility index (Phi) is 10.0. The van der Waals surface area contributed by atoms with Gasteiger partial charge in [-0.05, 0) is 41.0 Å². The van der Waals surface area contributed by atoms with Crippen molar-refractivity contribution in [2.45, 2.75) is 71.9 Å². The first kappa shape index (κ1) is 24.0. The Morgan fingerprint density at radius 3 is 2.15 bits per heavy atom. The van der Waals surface area contributed by atoms with Gasteiger partial charge in [-0.15, -0.1) is 0 Å². The van der Waals surface area contributed by atoms with Gasteiger partial charge in [-0.3, -0.25) is 19.3 Å². The van der Waals surface area contributed by atoms with Crippen molar-refractivity contribution >= 4 is 24.0 Å². The smallest absolute Gasteiger partial charge is 0.253 e. The molecule has 148 valence electrons. The Bertz CT molecular complexity index is 520. The van der Waals surface area contributed by atoms with Crippen molar-refractivity contribution in [3.63, 3.8) is 0 Å². The summed E-state index contributed by atoms with van der Waals surface area (Å²) < 4.78 is 5.90. The van der Waals surface area contributed by atoms with E-state index in [0.29, 0.717) is 6.61 Å². The van der Waals surface area contributed by atoms with Gasteiger partial charge in [0.2, 0.25) is 5.91 Å². The van der Waals surface area contributed by atoms with Gasteiger partial charge in [0.15, 0.2) is 0 Å². The van der Waals surface area contributed by atoms with Crippen LogP contribution in [0.25, 0.3) is 0 Å². The number of ether oxygens (including phenoxy) is 1. The lowest BCUT2D eigenvalue weighted by Crippen LogP contribution is -2.49. The van der Waals surface area contributed by atoms with Crippen molar-refractivity contribution < 1.29 is 23.9 Å². The molecule has 1 rings (SSSR count). The average molecular weight is 368 g/mol. The number of amides is 3. The van der Waals surface area contributed by atoms with Crippen LogP contribution in [0.15, 0.2) is 12.2 Å². The third kappa shape index (κ3) is 9.46. The molecule has 1 heterocycles. The van der Waals surface area contributed by atoms with Crippen molar-refractivity contribution in [3.8, 4) is 0 Å². The molecule has 0 saturated heterocycles. The Hall–Kier alpha value is -2.02. The molecule has 7 nitrogen and oxygen atoms in total. The van der Waals surface area contributed by atoms with Crippen LogP contribution in [0.4, 0.5) is 0 Å². The van der Waals surface area contributed by atoms with E-state index in [1.165, 1.54) is 19.1 Å². The van der Waals surface area contributed by atoms with Crippen LogP contribution in [-0.4, -0.2) is 53.2 Å². The number of imide groups is 1. The number of hydrogen-bond acceptors (Lipinski definition) is 5. The topological polar surface area (TPSA) is 92.8 Å². The third-order valence-electron chi connectivity index (χ3n) is 3.62. The molecule has 0 aliphatic carbocycles. The van der Waals surface area contributed by atoms with E-state index >= 15 is 0 Å². The van der Waals surface area contributed by atoms with Crippen molar-refractivity contribution in [1.82, 2.24) is 10.2 Å². The Morgan fingerprint density at radius 1 is 1.19 bits per heavy atom. The monoisotopic (exact) mass is 368 g/mol. The highest BCUT2D eigenvalue weighted by molar-refractivity contribution is 6.13. The number of nitrogens with zero attached hydrogens (tertiary/aromatic N) is 1.